The highest BCUT2D eigenvalue weighted by atomic mass is 35.5. The molecule has 124 valence electrons. The maximum Gasteiger partial charge on any atom is 0.181 e. The Morgan fingerprint density at radius 1 is 0.917 bits per heavy atom. The molecular weight excluding hydrogens is 354 g/mol. The van der Waals surface area contributed by atoms with Crippen molar-refractivity contribution in [3.8, 4) is 0 Å². The van der Waals surface area contributed by atoms with Gasteiger partial charge in [-0.15, -0.1) is 0 Å². The molecule has 0 atom stereocenters. The van der Waals surface area contributed by atoms with Gasteiger partial charge in [0.15, 0.2) is 9.84 Å². The Balaban J connectivity index is 2.07. The zero-order valence-corrected chi connectivity index (χ0v) is 14.3. The summed E-state index contributed by atoms with van der Waals surface area (Å²) in [7, 11) is -3.97. The molecule has 0 saturated heterocycles. The lowest BCUT2D eigenvalue weighted by atomic mass is 9.95. The van der Waals surface area contributed by atoms with Gasteiger partial charge in [0.05, 0.1) is 0 Å². The molecule has 2 aromatic rings. The SMILES string of the molecule is CS(=O)(=O)c1c(F)cc(C2=CCC=C2c2ccc(Cl)cc2)cc1F. The van der Waals surface area contributed by atoms with E-state index in [1.165, 1.54) is 0 Å². The fourth-order valence-electron chi connectivity index (χ4n) is 2.76. The predicted octanol–water partition coefficient (Wildman–Crippen LogP) is 4.89. The van der Waals surface area contributed by atoms with Gasteiger partial charge in [-0.3, -0.25) is 0 Å². The van der Waals surface area contributed by atoms with Crippen LogP contribution in [0.1, 0.15) is 17.5 Å². The molecule has 3 rings (SSSR count). The smallest absolute Gasteiger partial charge is 0.181 e. The van der Waals surface area contributed by atoms with Crippen LogP contribution >= 0.6 is 11.6 Å². The molecule has 0 bridgehead atoms. The minimum absolute atomic E-state index is 0.302. The normalized spacial score (nSPS) is 14.5. The maximum absolute atomic E-state index is 14.2. The average Bonchev–Trinajstić information content (AvgIpc) is 2.95. The molecular formula is C18H13ClF2O2S. The topological polar surface area (TPSA) is 34.1 Å². The zero-order chi connectivity index (χ0) is 17.5. The van der Waals surface area contributed by atoms with Crippen LogP contribution in [0.4, 0.5) is 8.78 Å². The molecule has 2 nitrogen and oxygen atoms in total. The van der Waals surface area contributed by atoms with Gasteiger partial charge in [-0.05, 0) is 53.0 Å². The largest absolute Gasteiger partial charge is 0.224 e. The first-order chi connectivity index (χ1) is 11.3. The molecule has 1 aliphatic carbocycles. The van der Waals surface area contributed by atoms with Crippen molar-refractivity contribution in [1.82, 2.24) is 0 Å². The number of halogens is 3. The van der Waals surface area contributed by atoms with Crippen LogP contribution in [0.15, 0.2) is 53.4 Å². The Hall–Kier alpha value is -1.98. The second-order valence-corrected chi connectivity index (χ2v) is 7.91. The summed E-state index contributed by atoms with van der Waals surface area (Å²) in [6.45, 7) is 0. The fourth-order valence-corrected chi connectivity index (χ4v) is 3.71. The summed E-state index contributed by atoms with van der Waals surface area (Å²) >= 11 is 5.88. The fraction of sp³-hybridized carbons (Fsp3) is 0.111. The van der Waals surface area contributed by atoms with E-state index in [0.717, 1.165) is 29.5 Å². The molecule has 0 unspecified atom stereocenters. The van der Waals surface area contributed by atoms with Crippen molar-refractivity contribution in [1.29, 1.82) is 0 Å². The molecule has 24 heavy (non-hydrogen) atoms. The summed E-state index contributed by atoms with van der Waals surface area (Å²) in [5.41, 5.74) is 2.67. The molecule has 0 fully saturated rings. The average molecular weight is 367 g/mol. The Labute approximate surface area is 144 Å². The highest BCUT2D eigenvalue weighted by Crippen LogP contribution is 2.38. The third kappa shape index (κ3) is 3.14. The monoisotopic (exact) mass is 366 g/mol. The van der Waals surface area contributed by atoms with Crippen molar-refractivity contribution in [3.63, 3.8) is 0 Å². The van der Waals surface area contributed by atoms with Crippen molar-refractivity contribution < 1.29 is 17.2 Å². The van der Waals surface area contributed by atoms with Crippen molar-refractivity contribution in [2.75, 3.05) is 6.26 Å². The van der Waals surface area contributed by atoms with Gasteiger partial charge in [-0.2, -0.15) is 0 Å². The third-order valence-corrected chi connectivity index (χ3v) is 5.15. The standard InChI is InChI=1S/C18H13ClF2O2S/c1-24(22,23)18-16(20)9-12(10-17(18)21)15-4-2-3-14(15)11-5-7-13(19)8-6-11/h3-10H,2H2,1H3. The highest BCUT2D eigenvalue weighted by Gasteiger charge is 2.23. The van der Waals surface area contributed by atoms with Crippen molar-refractivity contribution in [2.45, 2.75) is 11.3 Å². The Bertz CT molecular complexity index is 952. The van der Waals surface area contributed by atoms with E-state index in [2.05, 4.69) is 0 Å². The number of allylic oxidation sites excluding steroid dienone is 4. The van der Waals surface area contributed by atoms with Crippen LogP contribution in [-0.4, -0.2) is 14.7 Å². The van der Waals surface area contributed by atoms with Gasteiger partial charge in [0.2, 0.25) is 0 Å². The molecule has 0 radical (unpaired) electrons. The number of benzene rings is 2. The first kappa shape index (κ1) is 16.9. The van der Waals surface area contributed by atoms with Crippen LogP contribution in [0, 0.1) is 11.6 Å². The van der Waals surface area contributed by atoms with Crippen LogP contribution in [-0.2, 0) is 9.84 Å². The second kappa shape index (κ2) is 6.15. The predicted molar refractivity (Wildman–Crippen MR) is 91.5 cm³/mol. The van der Waals surface area contributed by atoms with Crippen molar-refractivity contribution in [2.24, 2.45) is 0 Å². The first-order valence-electron chi connectivity index (χ1n) is 7.13. The molecule has 6 heteroatoms. The van der Waals surface area contributed by atoms with E-state index in [0.29, 0.717) is 22.6 Å². The van der Waals surface area contributed by atoms with Gasteiger partial charge in [-0.25, -0.2) is 17.2 Å². The maximum atomic E-state index is 14.2. The van der Waals surface area contributed by atoms with Gasteiger partial charge in [0.1, 0.15) is 16.5 Å². The van der Waals surface area contributed by atoms with Crippen LogP contribution in [0.5, 0.6) is 0 Å². The summed E-state index contributed by atoms with van der Waals surface area (Å²) in [5.74, 6) is -2.17. The highest BCUT2D eigenvalue weighted by molar-refractivity contribution is 7.90. The minimum atomic E-state index is -3.97. The second-order valence-electron chi connectivity index (χ2n) is 5.52. The summed E-state index contributed by atoms with van der Waals surface area (Å²) < 4.78 is 51.3. The van der Waals surface area contributed by atoms with E-state index in [1.807, 2.05) is 24.3 Å². The van der Waals surface area contributed by atoms with E-state index in [-0.39, 0.29) is 0 Å². The van der Waals surface area contributed by atoms with Crippen LogP contribution in [0.25, 0.3) is 11.1 Å². The van der Waals surface area contributed by atoms with Crippen molar-refractivity contribution in [3.05, 3.63) is 76.3 Å². The minimum Gasteiger partial charge on any atom is -0.224 e. The summed E-state index contributed by atoms with van der Waals surface area (Å²) in [4.78, 5) is -0.901. The molecule has 1 aliphatic rings. The Morgan fingerprint density at radius 3 is 1.92 bits per heavy atom. The zero-order valence-electron chi connectivity index (χ0n) is 12.7. The van der Waals surface area contributed by atoms with E-state index < -0.39 is 26.4 Å². The summed E-state index contributed by atoms with van der Waals surface area (Å²) in [6, 6.07) is 9.24. The lowest BCUT2D eigenvalue weighted by Crippen LogP contribution is -2.05. The molecule has 2 aromatic carbocycles. The summed E-state index contributed by atoms with van der Waals surface area (Å²) in [6.07, 6.45) is 5.20. The molecule has 0 amide bonds. The molecule has 0 aromatic heterocycles. The van der Waals surface area contributed by atoms with E-state index >= 15 is 0 Å². The van der Waals surface area contributed by atoms with Gasteiger partial charge in [0, 0.05) is 11.3 Å². The first-order valence-corrected chi connectivity index (χ1v) is 9.40. The number of rotatable bonds is 3. The van der Waals surface area contributed by atoms with Gasteiger partial charge in [0.25, 0.3) is 0 Å². The quantitative estimate of drug-likeness (QED) is 0.774. The van der Waals surface area contributed by atoms with Gasteiger partial charge in [-0.1, -0.05) is 35.9 Å². The van der Waals surface area contributed by atoms with E-state index in [4.69, 9.17) is 11.6 Å². The number of sulfone groups is 1. The number of hydrogen-bond donors (Lipinski definition) is 0. The molecule has 0 saturated carbocycles. The lowest BCUT2D eigenvalue weighted by Gasteiger charge is -2.12. The van der Waals surface area contributed by atoms with E-state index in [1.54, 1.807) is 12.1 Å². The molecule has 0 aliphatic heterocycles. The van der Waals surface area contributed by atoms with E-state index in [9.17, 15) is 17.2 Å². The van der Waals surface area contributed by atoms with Crippen LogP contribution < -0.4 is 0 Å². The lowest BCUT2D eigenvalue weighted by molar-refractivity contribution is 0.521. The number of hydrogen-bond acceptors (Lipinski definition) is 2. The van der Waals surface area contributed by atoms with Crippen molar-refractivity contribution >= 4 is 32.6 Å². The molecule has 0 N–H and O–H groups in total. The van der Waals surface area contributed by atoms with Crippen LogP contribution in [0.2, 0.25) is 5.02 Å². The molecule has 0 spiro atoms. The molecule has 0 heterocycles. The Morgan fingerprint density at radius 2 is 1.42 bits per heavy atom. The van der Waals surface area contributed by atoms with Crippen LogP contribution in [0.3, 0.4) is 0 Å². The summed E-state index contributed by atoms with van der Waals surface area (Å²) in [5, 5.41) is 0.595. The van der Waals surface area contributed by atoms with Gasteiger partial charge >= 0.3 is 0 Å². The van der Waals surface area contributed by atoms with Gasteiger partial charge < -0.3 is 0 Å². The third-order valence-electron chi connectivity index (χ3n) is 3.77. The Kier molecular flexibility index (Phi) is 4.32.